The highest BCUT2D eigenvalue weighted by Crippen LogP contribution is 2.30. The number of quaternary nitrogens is 1. The van der Waals surface area contributed by atoms with Crippen LogP contribution in [0.3, 0.4) is 0 Å². The van der Waals surface area contributed by atoms with E-state index >= 15 is 0 Å². The van der Waals surface area contributed by atoms with Crippen LogP contribution in [0.4, 0.5) is 5.69 Å². The summed E-state index contributed by atoms with van der Waals surface area (Å²) in [4.78, 5) is 12.7. The number of likely N-dealkylation sites (N-methyl/N-ethyl adjacent to an activating group) is 1. The minimum atomic E-state index is -3.56. The van der Waals surface area contributed by atoms with E-state index in [1.165, 1.54) is 26.2 Å². The molecule has 1 fully saturated rings. The van der Waals surface area contributed by atoms with E-state index in [1.54, 1.807) is 0 Å². The Labute approximate surface area is 160 Å². The van der Waals surface area contributed by atoms with Crippen molar-refractivity contribution in [2.75, 3.05) is 45.0 Å². The Balaban J connectivity index is 2.26. The molecule has 27 heavy (non-hydrogen) atoms. The molecular formula is C18H30N3O5S+. The third-order valence-electron chi connectivity index (χ3n) is 5.62. The molecule has 0 saturated carbocycles. The summed E-state index contributed by atoms with van der Waals surface area (Å²) in [5.41, 5.74) is 6.04. The van der Waals surface area contributed by atoms with Gasteiger partial charge in [-0.15, -0.1) is 0 Å². The van der Waals surface area contributed by atoms with Crippen molar-refractivity contribution in [3.63, 3.8) is 0 Å². The van der Waals surface area contributed by atoms with E-state index in [4.69, 9.17) is 10.5 Å². The Kier molecular flexibility index (Phi) is 6.72. The van der Waals surface area contributed by atoms with Crippen LogP contribution in [0.1, 0.15) is 37.0 Å². The van der Waals surface area contributed by atoms with Crippen LogP contribution in [0.25, 0.3) is 0 Å². The van der Waals surface area contributed by atoms with Crippen LogP contribution in [0, 0.1) is 0 Å². The molecule has 1 heterocycles. The second-order valence-electron chi connectivity index (χ2n) is 6.90. The highest BCUT2D eigenvalue weighted by atomic mass is 32.2. The molecular weight excluding hydrogens is 370 g/mol. The topological polar surface area (TPSA) is 119 Å². The van der Waals surface area contributed by atoms with Crippen LogP contribution < -0.4 is 15.8 Å². The van der Waals surface area contributed by atoms with Crippen molar-refractivity contribution in [3.05, 3.63) is 17.7 Å². The fourth-order valence-electron chi connectivity index (χ4n) is 3.75. The van der Waals surface area contributed by atoms with Crippen molar-refractivity contribution in [1.29, 1.82) is 0 Å². The second-order valence-corrected chi connectivity index (χ2v) is 9.15. The Hall–Kier alpha value is -1.84. The molecule has 2 atom stereocenters. The van der Waals surface area contributed by atoms with Gasteiger partial charge in [0.2, 0.25) is 0 Å². The summed E-state index contributed by atoms with van der Waals surface area (Å²) >= 11 is 0. The average molecular weight is 401 g/mol. The molecule has 1 amide bonds. The van der Waals surface area contributed by atoms with E-state index in [9.17, 15) is 18.3 Å². The molecule has 0 bridgehead atoms. The van der Waals surface area contributed by atoms with Gasteiger partial charge in [0.15, 0.2) is 16.6 Å². The molecule has 1 aromatic rings. The fraction of sp³-hybridized carbons (Fsp3) is 0.611. The third kappa shape index (κ3) is 4.20. The molecule has 9 heteroatoms. The number of methoxy groups -OCH3 is 1. The summed E-state index contributed by atoms with van der Waals surface area (Å²) in [6.45, 7) is 5.67. The summed E-state index contributed by atoms with van der Waals surface area (Å²) in [7, 11) is -2.16. The van der Waals surface area contributed by atoms with Gasteiger partial charge in [-0.05, 0) is 13.0 Å². The Morgan fingerprint density at radius 3 is 2.67 bits per heavy atom. The lowest BCUT2D eigenvalue weighted by Gasteiger charge is -2.37. The Morgan fingerprint density at radius 2 is 2.11 bits per heavy atom. The zero-order valence-corrected chi connectivity index (χ0v) is 17.0. The van der Waals surface area contributed by atoms with Crippen molar-refractivity contribution >= 4 is 21.4 Å². The lowest BCUT2D eigenvalue weighted by atomic mass is 10.1. The number of nitrogens with one attached hydrogen (secondary N) is 1. The van der Waals surface area contributed by atoms with Crippen molar-refractivity contribution in [2.24, 2.45) is 0 Å². The van der Waals surface area contributed by atoms with Crippen LogP contribution in [-0.4, -0.2) is 69.2 Å². The lowest BCUT2D eigenvalue weighted by molar-refractivity contribution is -0.953. The third-order valence-corrected chi connectivity index (χ3v) is 7.40. The largest absolute Gasteiger partial charge is 0.496 e. The van der Waals surface area contributed by atoms with E-state index in [1.807, 2.05) is 6.92 Å². The number of hydrogen-bond donors (Lipinski definition) is 3. The molecule has 8 nitrogen and oxygen atoms in total. The number of anilines is 1. The van der Waals surface area contributed by atoms with Gasteiger partial charge in [0.1, 0.15) is 11.8 Å². The number of benzene rings is 1. The lowest BCUT2D eigenvalue weighted by Crippen LogP contribution is -2.55. The van der Waals surface area contributed by atoms with Crippen LogP contribution in [-0.2, 0) is 9.84 Å². The number of hydrogen-bond acceptors (Lipinski definition) is 6. The minimum absolute atomic E-state index is 0.0428. The number of nitrogens with two attached hydrogens (primary N) is 1. The summed E-state index contributed by atoms with van der Waals surface area (Å²) in [6, 6.07) is 2.78. The number of likely N-dealkylation sites (tertiary alicyclic amines) is 1. The number of ether oxygens (including phenoxy) is 1. The summed E-state index contributed by atoms with van der Waals surface area (Å²) < 4.78 is 30.3. The van der Waals surface area contributed by atoms with Crippen molar-refractivity contribution < 1.29 is 27.5 Å². The standard InChI is InChI=1S/C18H29N3O5S/c1-4-21(12-22)8-6-7-13(21)11-20-18(23)14-9-17(27(24,25)5-2)15(19)10-16(14)26-3/h9-10,13,22H,4-8,11-12H2,1-3H3,(H2-,19,20,23)/p+1. The first-order valence-electron chi connectivity index (χ1n) is 9.19. The highest BCUT2D eigenvalue weighted by Gasteiger charge is 2.40. The first kappa shape index (κ1) is 21.5. The number of carbonyl (C=O) groups is 1. The molecule has 4 N–H and O–H groups in total. The molecule has 0 aromatic heterocycles. The Bertz CT molecular complexity index is 790. The van der Waals surface area contributed by atoms with Gasteiger partial charge in [0.25, 0.3) is 5.91 Å². The first-order valence-corrected chi connectivity index (χ1v) is 10.8. The molecule has 0 spiro atoms. The first-order chi connectivity index (χ1) is 12.7. The predicted molar refractivity (Wildman–Crippen MR) is 103 cm³/mol. The van der Waals surface area contributed by atoms with Gasteiger partial charge in [0, 0.05) is 18.9 Å². The van der Waals surface area contributed by atoms with Gasteiger partial charge >= 0.3 is 0 Å². The quantitative estimate of drug-likeness (QED) is 0.438. The maximum atomic E-state index is 12.8. The SMILES string of the molecule is CC[N+]1(CO)CCCC1CNC(=O)c1cc(S(=O)(=O)CC)c(N)cc1OC. The molecule has 1 aromatic carbocycles. The maximum Gasteiger partial charge on any atom is 0.255 e. The summed E-state index contributed by atoms with van der Waals surface area (Å²) in [6.07, 6.45) is 1.92. The van der Waals surface area contributed by atoms with E-state index in [0.717, 1.165) is 25.9 Å². The maximum absolute atomic E-state index is 12.8. The van der Waals surface area contributed by atoms with Crippen LogP contribution in [0.15, 0.2) is 17.0 Å². The molecule has 2 rings (SSSR count). The molecule has 1 saturated heterocycles. The van der Waals surface area contributed by atoms with Crippen LogP contribution >= 0.6 is 0 Å². The summed E-state index contributed by atoms with van der Waals surface area (Å²) in [5.74, 6) is -0.303. The minimum Gasteiger partial charge on any atom is -0.496 e. The molecule has 2 unspecified atom stereocenters. The van der Waals surface area contributed by atoms with Gasteiger partial charge in [0.05, 0.1) is 48.6 Å². The van der Waals surface area contributed by atoms with E-state index in [-0.39, 0.29) is 40.4 Å². The average Bonchev–Trinajstić information content (AvgIpc) is 3.08. The number of carbonyl (C=O) groups excluding carboxylic acids is 1. The van der Waals surface area contributed by atoms with E-state index in [2.05, 4.69) is 5.32 Å². The van der Waals surface area contributed by atoms with Crippen molar-refractivity contribution in [2.45, 2.75) is 37.6 Å². The highest BCUT2D eigenvalue weighted by molar-refractivity contribution is 7.91. The van der Waals surface area contributed by atoms with Crippen molar-refractivity contribution in [3.8, 4) is 5.75 Å². The number of nitrogens with zero attached hydrogens (tertiary/aromatic N) is 1. The second kappa shape index (κ2) is 8.45. The van der Waals surface area contributed by atoms with Gasteiger partial charge in [-0.25, -0.2) is 8.42 Å². The number of aliphatic hydroxyl groups is 1. The van der Waals surface area contributed by atoms with Gasteiger partial charge < -0.3 is 20.9 Å². The number of amides is 1. The normalized spacial score (nSPS) is 22.6. The molecule has 1 aliphatic heterocycles. The van der Waals surface area contributed by atoms with Gasteiger partial charge in [-0.3, -0.25) is 9.28 Å². The van der Waals surface area contributed by atoms with Gasteiger partial charge in [-0.1, -0.05) is 6.92 Å². The molecule has 0 aliphatic carbocycles. The van der Waals surface area contributed by atoms with E-state index < -0.39 is 15.7 Å². The zero-order valence-electron chi connectivity index (χ0n) is 16.2. The molecule has 152 valence electrons. The molecule has 1 aliphatic rings. The van der Waals surface area contributed by atoms with Crippen LogP contribution in [0.5, 0.6) is 5.75 Å². The van der Waals surface area contributed by atoms with Crippen LogP contribution in [0.2, 0.25) is 0 Å². The predicted octanol–water partition coefficient (Wildman–Crippen LogP) is 0.750. The number of sulfone groups is 1. The summed E-state index contributed by atoms with van der Waals surface area (Å²) in [5, 5.41) is 12.7. The fourth-order valence-corrected chi connectivity index (χ4v) is 4.78. The zero-order chi connectivity index (χ0) is 20.2. The number of nitrogen functional groups attached to an aromatic ring is 1. The van der Waals surface area contributed by atoms with Gasteiger partial charge in [-0.2, -0.15) is 0 Å². The monoisotopic (exact) mass is 400 g/mol. The molecule has 0 radical (unpaired) electrons. The van der Waals surface area contributed by atoms with Crippen molar-refractivity contribution in [1.82, 2.24) is 5.32 Å². The van der Waals surface area contributed by atoms with E-state index in [0.29, 0.717) is 11.0 Å². The Morgan fingerprint density at radius 1 is 1.41 bits per heavy atom. The number of rotatable bonds is 8. The number of aliphatic hydroxyl groups excluding tert-OH is 1. The smallest absolute Gasteiger partial charge is 0.255 e.